The van der Waals surface area contributed by atoms with Crippen molar-refractivity contribution in [1.82, 2.24) is 14.8 Å². The number of aryl methyl sites for hydroxylation is 2. The van der Waals surface area contributed by atoms with Crippen LogP contribution < -0.4 is 14.2 Å². The van der Waals surface area contributed by atoms with E-state index in [1.54, 1.807) is 42.6 Å². The van der Waals surface area contributed by atoms with E-state index in [1.165, 1.54) is 23.3 Å². The number of carbonyl (C=O) groups excluding carboxylic acids is 1. The molecule has 0 aliphatic carbocycles. The van der Waals surface area contributed by atoms with E-state index in [-0.39, 0.29) is 11.6 Å². The number of aromatic nitrogens is 1. The summed E-state index contributed by atoms with van der Waals surface area (Å²) in [5.74, 6) is 2.12. The van der Waals surface area contributed by atoms with Crippen LogP contribution in [0.1, 0.15) is 33.4 Å². The summed E-state index contributed by atoms with van der Waals surface area (Å²) in [5.41, 5.74) is 6.32. The molecule has 0 unspecified atom stereocenters. The topological polar surface area (TPSA) is 107 Å². The number of halogens is 1. The number of nitro benzene ring substituents is 1. The molecule has 6 rings (SSSR count). The number of nitrogens with zero attached hydrogens (tertiary/aromatic N) is 4. The standard InChI is InChI=1S/C42H41ClN4O6/c1-30-3-5-34(6-4-30)29-52-38-16-17-40(44-27-38)53-42-31(2)25-35(26-39(42)43)11-18-41(48)46-22-20-45(21-23-46)28-33-9-7-32(8-10-33)19-24-51-37-14-12-36(13-15-37)47(49)50/h3-18,25-27H,19-24,28-29H2,1-2H3/b18-11+. The summed E-state index contributed by atoms with van der Waals surface area (Å²) in [7, 11) is 0. The fourth-order valence-corrected chi connectivity index (χ4v) is 6.18. The van der Waals surface area contributed by atoms with Gasteiger partial charge in [0.05, 0.1) is 22.7 Å². The van der Waals surface area contributed by atoms with Gasteiger partial charge in [-0.05, 0) is 78.1 Å². The lowest BCUT2D eigenvalue weighted by molar-refractivity contribution is -0.384. The Morgan fingerprint density at radius 1 is 0.849 bits per heavy atom. The number of pyridine rings is 1. The Labute approximate surface area is 314 Å². The molecular formula is C42H41ClN4O6. The van der Waals surface area contributed by atoms with Gasteiger partial charge >= 0.3 is 0 Å². The number of carbonyl (C=O) groups is 1. The maximum atomic E-state index is 13.0. The molecular weight excluding hydrogens is 692 g/mol. The monoisotopic (exact) mass is 732 g/mol. The molecule has 0 radical (unpaired) electrons. The average molecular weight is 733 g/mol. The van der Waals surface area contributed by atoms with Gasteiger partial charge in [0.25, 0.3) is 5.69 Å². The highest BCUT2D eigenvalue weighted by atomic mass is 35.5. The maximum absolute atomic E-state index is 13.0. The third-order valence-electron chi connectivity index (χ3n) is 8.93. The van der Waals surface area contributed by atoms with Gasteiger partial charge in [0.15, 0.2) is 5.75 Å². The Kier molecular flexibility index (Phi) is 12.4. The minimum Gasteiger partial charge on any atom is -0.493 e. The van der Waals surface area contributed by atoms with Gasteiger partial charge in [-0.25, -0.2) is 4.98 Å². The summed E-state index contributed by atoms with van der Waals surface area (Å²) >= 11 is 6.62. The lowest BCUT2D eigenvalue weighted by Gasteiger charge is -2.34. The van der Waals surface area contributed by atoms with E-state index < -0.39 is 4.92 Å². The van der Waals surface area contributed by atoms with Crippen LogP contribution in [0.4, 0.5) is 5.69 Å². The predicted molar refractivity (Wildman–Crippen MR) is 206 cm³/mol. The van der Waals surface area contributed by atoms with Gasteiger partial charge in [-0.15, -0.1) is 0 Å². The molecule has 0 spiro atoms. The summed E-state index contributed by atoms with van der Waals surface area (Å²) in [6, 6.07) is 30.0. The molecule has 4 aromatic carbocycles. The molecule has 1 aromatic heterocycles. The van der Waals surface area contributed by atoms with Crippen molar-refractivity contribution in [1.29, 1.82) is 0 Å². The molecule has 2 heterocycles. The molecule has 0 saturated carbocycles. The molecule has 5 aromatic rings. The van der Waals surface area contributed by atoms with Crippen molar-refractivity contribution >= 4 is 29.3 Å². The van der Waals surface area contributed by atoms with E-state index in [1.807, 2.05) is 36.1 Å². The van der Waals surface area contributed by atoms with E-state index >= 15 is 0 Å². The minimum atomic E-state index is -0.427. The summed E-state index contributed by atoms with van der Waals surface area (Å²) < 4.78 is 17.6. The smallest absolute Gasteiger partial charge is 0.269 e. The molecule has 0 atom stereocenters. The number of nitro groups is 1. The molecule has 1 fully saturated rings. The minimum absolute atomic E-state index is 0.0343. The second-order valence-electron chi connectivity index (χ2n) is 13.0. The lowest BCUT2D eigenvalue weighted by Crippen LogP contribution is -2.47. The molecule has 1 aliphatic heterocycles. The number of ether oxygens (including phenoxy) is 3. The second-order valence-corrected chi connectivity index (χ2v) is 13.4. The SMILES string of the molecule is Cc1ccc(COc2ccc(Oc3c(C)cc(/C=C/C(=O)N4CCN(Cc5ccc(CCOc6ccc([N+](=O)[O-])cc6)cc5)CC4)cc3Cl)nc2)cc1. The van der Waals surface area contributed by atoms with Crippen LogP contribution in [0.3, 0.4) is 0 Å². The van der Waals surface area contributed by atoms with Crippen molar-refractivity contribution in [2.45, 2.75) is 33.4 Å². The molecule has 10 nitrogen and oxygen atoms in total. The van der Waals surface area contributed by atoms with E-state index in [2.05, 4.69) is 53.2 Å². The molecule has 1 aliphatic rings. The normalized spacial score (nSPS) is 13.2. The largest absolute Gasteiger partial charge is 0.493 e. The van der Waals surface area contributed by atoms with E-state index in [4.69, 9.17) is 25.8 Å². The average Bonchev–Trinajstić information content (AvgIpc) is 3.17. The van der Waals surface area contributed by atoms with Gasteiger partial charge in [0.2, 0.25) is 11.8 Å². The van der Waals surface area contributed by atoms with E-state index in [0.717, 1.165) is 48.3 Å². The Morgan fingerprint density at radius 2 is 1.53 bits per heavy atom. The van der Waals surface area contributed by atoms with Gasteiger partial charge in [0, 0.05) is 63.4 Å². The predicted octanol–water partition coefficient (Wildman–Crippen LogP) is 8.61. The number of hydrogen-bond donors (Lipinski definition) is 0. The second kappa shape index (κ2) is 17.7. The van der Waals surface area contributed by atoms with Crippen molar-refractivity contribution in [2.75, 3.05) is 32.8 Å². The molecule has 1 saturated heterocycles. The summed E-state index contributed by atoms with van der Waals surface area (Å²) in [5, 5.41) is 11.2. The summed E-state index contributed by atoms with van der Waals surface area (Å²) in [4.78, 5) is 32.0. The Bertz CT molecular complexity index is 2000. The van der Waals surface area contributed by atoms with Gasteiger partial charge in [-0.2, -0.15) is 0 Å². The zero-order valence-electron chi connectivity index (χ0n) is 29.7. The summed E-state index contributed by atoms with van der Waals surface area (Å²) in [6.07, 6.45) is 5.74. The van der Waals surface area contributed by atoms with Crippen LogP contribution in [0.2, 0.25) is 5.02 Å². The van der Waals surface area contributed by atoms with Gasteiger partial charge in [-0.3, -0.25) is 19.8 Å². The highest BCUT2D eigenvalue weighted by Gasteiger charge is 2.20. The third kappa shape index (κ3) is 10.7. The Morgan fingerprint density at radius 3 is 2.19 bits per heavy atom. The number of non-ortho nitro benzene ring substituents is 1. The zero-order chi connectivity index (χ0) is 37.2. The van der Waals surface area contributed by atoms with E-state index in [0.29, 0.717) is 54.5 Å². The first-order valence-corrected chi connectivity index (χ1v) is 17.8. The van der Waals surface area contributed by atoms with Crippen LogP contribution in [-0.4, -0.2) is 58.4 Å². The van der Waals surface area contributed by atoms with Crippen LogP contribution in [0, 0.1) is 24.0 Å². The van der Waals surface area contributed by atoms with Gasteiger partial charge < -0.3 is 19.1 Å². The Balaban J connectivity index is 0.923. The molecule has 0 bridgehead atoms. The number of hydrogen-bond acceptors (Lipinski definition) is 8. The van der Waals surface area contributed by atoms with Crippen LogP contribution in [0.5, 0.6) is 23.1 Å². The maximum Gasteiger partial charge on any atom is 0.269 e. The first-order chi connectivity index (χ1) is 25.7. The first kappa shape index (κ1) is 37.1. The Hall–Kier alpha value is -5.71. The third-order valence-corrected chi connectivity index (χ3v) is 9.21. The van der Waals surface area contributed by atoms with Crippen LogP contribution >= 0.6 is 11.6 Å². The van der Waals surface area contributed by atoms with Crippen molar-refractivity contribution in [2.24, 2.45) is 0 Å². The van der Waals surface area contributed by atoms with Crippen molar-refractivity contribution in [3.05, 3.63) is 158 Å². The molecule has 0 N–H and O–H groups in total. The number of rotatable bonds is 14. The van der Waals surface area contributed by atoms with Crippen LogP contribution in [0.15, 0.2) is 109 Å². The van der Waals surface area contributed by atoms with Crippen LogP contribution in [-0.2, 0) is 24.4 Å². The van der Waals surface area contributed by atoms with Crippen molar-refractivity contribution in [3.8, 4) is 23.1 Å². The quantitative estimate of drug-likeness (QED) is 0.0635. The lowest BCUT2D eigenvalue weighted by atomic mass is 10.1. The molecule has 11 heteroatoms. The molecule has 53 heavy (non-hydrogen) atoms. The highest BCUT2D eigenvalue weighted by Crippen LogP contribution is 2.34. The molecule has 1 amide bonds. The summed E-state index contributed by atoms with van der Waals surface area (Å²) in [6.45, 7) is 8.57. The molecule has 272 valence electrons. The van der Waals surface area contributed by atoms with Gasteiger partial charge in [-0.1, -0.05) is 65.7 Å². The first-order valence-electron chi connectivity index (χ1n) is 17.5. The number of piperazine rings is 1. The van der Waals surface area contributed by atoms with E-state index in [9.17, 15) is 14.9 Å². The zero-order valence-corrected chi connectivity index (χ0v) is 30.5. The highest BCUT2D eigenvalue weighted by molar-refractivity contribution is 6.32. The number of benzene rings is 4. The van der Waals surface area contributed by atoms with Crippen LogP contribution in [0.25, 0.3) is 6.08 Å². The number of amides is 1. The fourth-order valence-electron chi connectivity index (χ4n) is 5.87. The van der Waals surface area contributed by atoms with Crippen molar-refractivity contribution in [3.63, 3.8) is 0 Å². The fraction of sp³-hybridized carbons (Fsp3) is 0.238. The van der Waals surface area contributed by atoms with Gasteiger partial charge in [0.1, 0.15) is 18.1 Å². The van der Waals surface area contributed by atoms with Crippen molar-refractivity contribution < 1.29 is 23.9 Å².